The Morgan fingerprint density at radius 1 is 1.13 bits per heavy atom. The predicted molar refractivity (Wildman–Crippen MR) is 154 cm³/mol. The molecule has 0 atom stereocenters. The van der Waals surface area contributed by atoms with E-state index >= 15 is 0 Å². The quantitative estimate of drug-likeness (QED) is 0.219. The van der Waals surface area contributed by atoms with Crippen LogP contribution in [0.2, 0.25) is 0 Å². The van der Waals surface area contributed by atoms with Gasteiger partial charge in [-0.05, 0) is 72.8 Å². The number of amidine groups is 1. The van der Waals surface area contributed by atoms with Gasteiger partial charge in [0.05, 0.1) is 42.0 Å². The Hall–Kier alpha value is -4.07. The third-order valence-corrected chi connectivity index (χ3v) is 7.50. The Labute approximate surface area is 239 Å². The van der Waals surface area contributed by atoms with Crippen LogP contribution in [0.5, 0.6) is 11.5 Å². The zero-order valence-corrected chi connectivity index (χ0v) is 23.8. The van der Waals surface area contributed by atoms with E-state index in [9.17, 15) is 14.9 Å². The van der Waals surface area contributed by atoms with Crippen LogP contribution in [0.15, 0.2) is 75.0 Å². The molecule has 1 aliphatic heterocycles. The fourth-order valence-corrected chi connectivity index (χ4v) is 5.25. The van der Waals surface area contributed by atoms with Gasteiger partial charge in [0, 0.05) is 16.6 Å². The Kier molecular flexibility index (Phi) is 9.07. The Bertz CT molecular complexity index is 1510. The highest BCUT2D eigenvalue weighted by Gasteiger charge is 2.32. The minimum absolute atomic E-state index is 0.160. The SMILES string of the molecule is CCN1C(=O)/C(=C\c2cc(OC)c(OCc3ccccc3C#N)cc2Br)SC1=Nc1ccc(C(=O)OC)cc1. The summed E-state index contributed by atoms with van der Waals surface area (Å²) < 4.78 is 17.0. The average molecular weight is 606 g/mol. The largest absolute Gasteiger partial charge is 0.493 e. The molecule has 1 heterocycles. The molecule has 198 valence electrons. The maximum atomic E-state index is 13.2. The summed E-state index contributed by atoms with van der Waals surface area (Å²) in [5.41, 5.74) is 3.08. The van der Waals surface area contributed by atoms with E-state index in [1.807, 2.05) is 19.1 Å². The molecule has 0 bridgehead atoms. The second-order valence-corrected chi connectivity index (χ2v) is 10.0. The first-order valence-electron chi connectivity index (χ1n) is 11.8. The Balaban J connectivity index is 1.58. The second-order valence-electron chi connectivity index (χ2n) is 8.18. The highest BCUT2D eigenvalue weighted by molar-refractivity contribution is 9.10. The lowest BCUT2D eigenvalue weighted by molar-refractivity contribution is -0.122. The summed E-state index contributed by atoms with van der Waals surface area (Å²) in [4.78, 5) is 31.6. The van der Waals surface area contributed by atoms with Crippen molar-refractivity contribution in [3.05, 3.63) is 92.3 Å². The number of nitrogens with zero attached hydrogens (tertiary/aromatic N) is 3. The van der Waals surface area contributed by atoms with Gasteiger partial charge in [-0.1, -0.05) is 34.1 Å². The molecule has 1 aliphatic rings. The molecule has 39 heavy (non-hydrogen) atoms. The normalized spacial score (nSPS) is 14.9. The molecule has 0 spiro atoms. The van der Waals surface area contributed by atoms with E-state index in [-0.39, 0.29) is 12.5 Å². The minimum atomic E-state index is -0.426. The van der Waals surface area contributed by atoms with Crippen LogP contribution >= 0.6 is 27.7 Å². The zero-order valence-electron chi connectivity index (χ0n) is 21.4. The summed E-state index contributed by atoms with van der Waals surface area (Å²) in [6.07, 6.45) is 1.78. The van der Waals surface area contributed by atoms with E-state index in [0.29, 0.717) is 49.4 Å². The Morgan fingerprint density at radius 2 is 1.87 bits per heavy atom. The van der Waals surface area contributed by atoms with Crippen LogP contribution in [-0.2, 0) is 16.1 Å². The van der Waals surface area contributed by atoms with Crippen molar-refractivity contribution >= 4 is 56.5 Å². The smallest absolute Gasteiger partial charge is 0.337 e. The summed E-state index contributed by atoms with van der Waals surface area (Å²) >= 11 is 4.85. The number of hydrogen-bond donors (Lipinski definition) is 0. The van der Waals surface area contributed by atoms with E-state index in [1.54, 1.807) is 66.6 Å². The number of carbonyl (C=O) groups is 2. The Morgan fingerprint density at radius 3 is 2.54 bits per heavy atom. The maximum Gasteiger partial charge on any atom is 0.337 e. The molecule has 0 aliphatic carbocycles. The number of ether oxygens (including phenoxy) is 3. The summed E-state index contributed by atoms with van der Waals surface area (Å²) in [5.74, 6) is 0.399. The zero-order chi connectivity index (χ0) is 27.9. The molecule has 0 aromatic heterocycles. The van der Waals surface area contributed by atoms with Gasteiger partial charge in [0.15, 0.2) is 16.7 Å². The van der Waals surface area contributed by atoms with Gasteiger partial charge in [0.2, 0.25) is 0 Å². The van der Waals surface area contributed by atoms with Crippen molar-refractivity contribution < 1.29 is 23.8 Å². The van der Waals surface area contributed by atoms with Gasteiger partial charge < -0.3 is 14.2 Å². The lowest BCUT2D eigenvalue weighted by atomic mass is 10.1. The van der Waals surface area contributed by atoms with E-state index in [0.717, 1.165) is 11.1 Å². The molecule has 1 fully saturated rings. The van der Waals surface area contributed by atoms with Crippen molar-refractivity contribution in [3.63, 3.8) is 0 Å². The van der Waals surface area contributed by atoms with E-state index in [2.05, 4.69) is 27.0 Å². The molecule has 1 saturated heterocycles. The number of nitriles is 1. The topological polar surface area (TPSA) is 101 Å². The number of halogens is 1. The predicted octanol–water partition coefficient (Wildman–Crippen LogP) is 6.32. The van der Waals surface area contributed by atoms with Crippen molar-refractivity contribution in [2.75, 3.05) is 20.8 Å². The van der Waals surface area contributed by atoms with Crippen molar-refractivity contribution in [1.29, 1.82) is 5.26 Å². The molecule has 4 rings (SSSR count). The van der Waals surface area contributed by atoms with Gasteiger partial charge in [-0.2, -0.15) is 5.26 Å². The first-order chi connectivity index (χ1) is 18.9. The highest BCUT2D eigenvalue weighted by atomic mass is 79.9. The fourth-order valence-electron chi connectivity index (χ4n) is 3.76. The van der Waals surface area contributed by atoms with Crippen molar-refractivity contribution in [1.82, 2.24) is 4.90 Å². The van der Waals surface area contributed by atoms with Crippen molar-refractivity contribution in [2.45, 2.75) is 13.5 Å². The van der Waals surface area contributed by atoms with Gasteiger partial charge in [-0.3, -0.25) is 9.69 Å². The van der Waals surface area contributed by atoms with Crippen molar-refractivity contribution in [2.24, 2.45) is 4.99 Å². The number of hydrogen-bond acceptors (Lipinski definition) is 8. The molecule has 0 unspecified atom stereocenters. The molecule has 0 saturated carbocycles. The van der Waals surface area contributed by atoms with Gasteiger partial charge in [0.25, 0.3) is 5.91 Å². The summed E-state index contributed by atoms with van der Waals surface area (Å²) in [6, 6.07) is 19.6. The van der Waals surface area contributed by atoms with E-state index < -0.39 is 5.97 Å². The summed E-state index contributed by atoms with van der Waals surface area (Å²) in [6.45, 7) is 2.53. The van der Waals surface area contributed by atoms with Gasteiger partial charge in [0.1, 0.15) is 6.61 Å². The number of methoxy groups -OCH3 is 2. The molecule has 0 N–H and O–H groups in total. The third-order valence-electron chi connectivity index (χ3n) is 5.81. The van der Waals surface area contributed by atoms with E-state index in [1.165, 1.54) is 18.9 Å². The highest BCUT2D eigenvalue weighted by Crippen LogP contribution is 2.39. The van der Waals surface area contributed by atoms with Crippen LogP contribution in [0.4, 0.5) is 5.69 Å². The number of likely N-dealkylation sites (N-methyl/N-ethyl adjacent to an activating group) is 1. The molecule has 1 amide bonds. The van der Waals surface area contributed by atoms with Gasteiger partial charge in [-0.25, -0.2) is 9.79 Å². The van der Waals surface area contributed by atoms with Crippen molar-refractivity contribution in [3.8, 4) is 17.6 Å². The lowest BCUT2D eigenvalue weighted by Crippen LogP contribution is -2.28. The molecule has 3 aromatic rings. The molecule has 8 nitrogen and oxygen atoms in total. The molecule has 10 heteroatoms. The minimum Gasteiger partial charge on any atom is -0.493 e. The van der Waals surface area contributed by atoms with Crippen LogP contribution in [0.1, 0.15) is 34.0 Å². The van der Waals surface area contributed by atoms with Crippen LogP contribution < -0.4 is 9.47 Å². The molecule has 3 aromatic carbocycles. The average Bonchev–Trinajstić information content (AvgIpc) is 3.25. The summed E-state index contributed by atoms with van der Waals surface area (Å²) in [5, 5.41) is 9.87. The van der Waals surface area contributed by atoms with Crippen LogP contribution in [0.25, 0.3) is 6.08 Å². The first kappa shape index (κ1) is 28.0. The monoisotopic (exact) mass is 605 g/mol. The number of esters is 1. The van der Waals surface area contributed by atoms with E-state index in [4.69, 9.17) is 14.2 Å². The number of thioether (sulfide) groups is 1. The lowest BCUT2D eigenvalue weighted by Gasteiger charge is -2.14. The van der Waals surface area contributed by atoms with Crippen LogP contribution in [0.3, 0.4) is 0 Å². The standard InChI is InChI=1S/C29H24BrN3O5S/c1-4-33-27(34)26(39-29(33)32-22-11-9-18(10-12-22)28(35)37-3)14-21-13-24(36-2)25(15-23(21)30)38-17-20-8-6-5-7-19(20)16-31/h5-15H,4,17H2,1-3H3/b26-14+,32-29?. The maximum absolute atomic E-state index is 13.2. The second kappa shape index (κ2) is 12.7. The first-order valence-corrected chi connectivity index (χ1v) is 13.5. The van der Waals surface area contributed by atoms with Gasteiger partial charge in [-0.15, -0.1) is 0 Å². The van der Waals surface area contributed by atoms with Crippen LogP contribution in [-0.4, -0.2) is 42.7 Å². The number of carbonyl (C=O) groups excluding carboxylic acids is 2. The number of aliphatic imine (C=N–C) groups is 1. The molecule has 0 radical (unpaired) electrons. The summed E-state index contributed by atoms with van der Waals surface area (Å²) in [7, 11) is 2.87. The number of benzene rings is 3. The molecular formula is C29H24BrN3O5S. The molecular weight excluding hydrogens is 582 g/mol. The third kappa shape index (κ3) is 6.33. The fraction of sp³-hybridized carbons (Fsp3) is 0.172. The van der Waals surface area contributed by atoms with Gasteiger partial charge >= 0.3 is 5.97 Å². The number of rotatable bonds is 8. The van der Waals surface area contributed by atoms with Crippen LogP contribution in [0, 0.1) is 11.3 Å². The number of amides is 1.